The number of halogens is 1. The number of ether oxygens (including phenoxy) is 1. The molecule has 2 rings (SSSR count). The van der Waals surface area contributed by atoms with E-state index in [0.717, 1.165) is 16.9 Å². The summed E-state index contributed by atoms with van der Waals surface area (Å²) in [5.41, 5.74) is 2.66. The third-order valence-corrected chi connectivity index (χ3v) is 3.49. The van der Waals surface area contributed by atoms with E-state index in [1.54, 1.807) is 24.3 Å². The fourth-order valence-corrected chi connectivity index (χ4v) is 2.31. The molecule has 0 radical (unpaired) electrons. The van der Waals surface area contributed by atoms with Gasteiger partial charge in [-0.15, -0.1) is 0 Å². The molecule has 3 nitrogen and oxygen atoms in total. The molecule has 0 saturated carbocycles. The van der Waals surface area contributed by atoms with Gasteiger partial charge in [0.05, 0.1) is 17.1 Å². The van der Waals surface area contributed by atoms with Crippen molar-refractivity contribution in [1.82, 2.24) is 5.32 Å². The highest BCUT2D eigenvalue weighted by molar-refractivity contribution is 6.33. The molecule has 21 heavy (non-hydrogen) atoms. The number of nitrogens with one attached hydrogen (secondary N) is 1. The Morgan fingerprint density at radius 1 is 1.10 bits per heavy atom. The van der Waals surface area contributed by atoms with Crippen molar-refractivity contribution in [1.29, 1.82) is 0 Å². The van der Waals surface area contributed by atoms with Gasteiger partial charge >= 0.3 is 0 Å². The van der Waals surface area contributed by atoms with Crippen molar-refractivity contribution in [3.63, 3.8) is 0 Å². The Morgan fingerprint density at radius 2 is 1.76 bits per heavy atom. The lowest BCUT2D eigenvalue weighted by molar-refractivity contribution is 0.0947. The average molecular weight is 304 g/mol. The zero-order valence-electron chi connectivity index (χ0n) is 12.2. The molecular formula is C17H18ClNO2. The van der Waals surface area contributed by atoms with Gasteiger partial charge in [0.25, 0.3) is 5.91 Å². The lowest BCUT2D eigenvalue weighted by atomic mass is 10.1. The van der Waals surface area contributed by atoms with Gasteiger partial charge in [-0.05, 0) is 37.1 Å². The van der Waals surface area contributed by atoms with Crippen molar-refractivity contribution < 1.29 is 9.53 Å². The van der Waals surface area contributed by atoms with E-state index in [1.807, 2.05) is 32.0 Å². The topological polar surface area (TPSA) is 38.3 Å². The standard InChI is InChI=1S/C17H18ClNO2/c1-12-6-5-7-13(2)16(12)21-11-10-19-17(20)14-8-3-4-9-15(14)18/h3-9H,10-11H2,1-2H3,(H,19,20). The molecule has 0 aliphatic carbocycles. The minimum absolute atomic E-state index is 0.189. The van der Waals surface area contributed by atoms with Crippen LogP contribution in [0.5, 0.6) is 5.75 Å². The van der Waals surface area contributed by atoms with Crippen LogP contribution in [0, 0.1) is 13.8 Å². The Hall–Kier alpha value is -2.00. The van der Waals surface area contributed by atoms with Gasteiger partial charge in [-0.3, -0.25) is 4.79 Å². The van der Waals surface area contributed by atoms with Gasteiger partial charge in [0.1, 0.15) is 12.4 Å². The molecule has 0 aromatic heterocycles. The Kier molecular flexibility index (Phi) is 5.23. The Labute approximate surface area is 129 Å². The van der Waals surface area contributed by atoms with E-state index in [4.69, 9.17) is 16.3 Å². The van der Waals surface area contributed by atoms with Crippen LogP contribution in [0.3, 0.4) is 0 Å². The smallest absolute Gasteiger partial charge is 0.252 e. The van der Waals surface area contributed by atoms with Crippen LogP contribution in [0.25, 0.3) is 0 Å². The predicted octanol–water partition coefficient (Wildman–Crippen LogP) is 3.77. The van der Waals surface area contributed by atoms with Crippen molar-refractivity contribution in [3.05, 3.63) is 64.2 Å². The first-order chi connectivity index (χ1) is 10.1. The number of amides is 1. The van der Waals surface area contributed by atoms with Crippen LogP contribution in [-0.4, -0.2) is 19.1 Å². The first-order valence-electron chi connectivity index (χ1n) is 6.81. The number of aryl methyl sites for hydroxylation is 2. The molecule has 0 aliphatic rings. The summed E-state index contributed by atoms with van der Waals surface area (Å²) in [5, 5.41) is 3.25. The lowest BCUT2D eigenvalue weighted by Gasteiger charge is -2.12. The molecule has 0 bridgehead atoms. The molecule has 0 spiro atoms. The minimum Gasteiger partial charge on any atom is -0.491 e. The first kappa shape index (κ1) is 15.4. The Balaban J connectivity index is 1.85. The maximum Gasteiger partial charge on any atom is 0.252 e. The molecule has 2 aromatic rings. The van der Waals surface area contributed by atoms with E-state index >= 15 is 0 Å². The molecule has 0 atom stereocenters. The fraction of sp³-hybridized carbons (Fsp3) is 0.235. The van der Waals surface area contributed by atoms with E-state index in [9.17, 15) is 4.79 Å². The molecule has 0 heterocycles. The van der Waals surface area contributed by atoms with Gasteiger partial charge in [0.2, 0.25) is 0 Å². The van der Waals surface area contributed by atoms with Crippen LogP contribution in [0.2, 0.25) is 5.02 Å². The average Bonchev–Trinajstić information content (AvgIpc) is 2.46. The van der Waals surface area contributed by atoms with E-state index < -0.39 is 0 Å². The molecule has 0 saturated heterocycles. The maximum atomic E-state index is 12.0. The lowest BCUT2D eigenvalue weighted by Crippen LogP contribution is -2.28. The number of hydrogen-bond donors (Lipinski definition) is 1. The summed E-state index contributed by atoms with van der Waals surface area (Å²) in [6.07, 6.45) is 0. The van der Waals surface area contributed by atoms with E-state index in [0.29, 0.717) is 23.7 Å². The molecule has 2 aromatic carbocycles. The van der Waals surface area contributed by atoms with Crippen molar-refractivity contribution in [2.24, 2.45) is 0 Å². The van der Waals surface area contributed by atoms with Crippen LogP contribution in [-0.2, 0) is 0 Å². The zero-order chi connectivity index (χ0) is 15.2. The highest BCUT2D eigenvalue weighted by atomic mass is 35.5. The highest BCUT2D eigenvalue weighted by Gasteiger charge is 2.09. The van der Waals surface area contributed by atoms with Crippen LogP contribution in [0.1, 0.15) is 21.5 Å². The molecule has 1 N–H and O–H groups in total. The van der Waals surface area contributed by atoms with Crippen molar-refractivity contribution in [2.75, 3.05) is 13.2 Å². The summed E-state index contributed by atoms with van der Waals surface area (Å²) in [6, 6.07) is 13.0. The number of rotatable bonds is 5. The van der Waals surface area contributed by atoms with Crippen molar-refractivity contribution >= 4 is 17.5 Å². The van der Waals surface area contributed by atoms with Crippen LogP contribution in [0.4, 0.5) is 0 Å². The molecular weight excluding hydrogens is 286 g/mol. The fourth-order valence-electron chi connectivity index (χ4n) is 2.09. The van der Waals surface area contributed by atoms with Gasteiger partial charge in [-0.2, -0.15) is 0 Å². The second kappa shape index (κ2) is 7.14. The second-order valence-corrected chi connectivity index (χ2v) is 5.21. The van der Waals surface area contributed by atoms with Crippen LogP contribution < -0.4 is 10.1 Å². The van der Waals surface area contributed by atoms with Crippen molar-refractivity contribution in [2.45, 2.75) is 13.8 Å². The molecule has 1 amide bonds. The van der Waals surface area contributed by atoms with Crippen molar-refractivity contribution in [3.8, 4) is 5.75 Å². The molecule has 0 unspecified atom stereocenters. The monoisotopic (exact) mass is 303 g/mol. The summed E-state index contributed by atoms with van der Waals surface area (Å²) in [5.74, 6) is 0.690. The minimum atomic E-state index is -0.189. The van der Waals surface area contributed by atoms with Crippen LogP contribution in [0.15, 0.2) is 42.5 Å². The summed E-state index contributed by atoms with van der Waals surface area (Å²) in [4.78, 5) is 12.0. The normalized spacial score (nSPS) is 10.2. The number of para-hydroxylation sites is 1. The third-order valence-electron chi connectivity index (χ3n) is 3.16. The molecule has 4 heteroatoms. The van der Waals surface area contributed by atoms with Gasteiger partial charge in [0.15, 0.2) is 0 Å². The quantitative estimate of drug-likeness (QED) is 0.854. The summed E-state index contributed by atoms with van der Waals surface area (Å²) >= 11 is 5.98. The maximum absolute atomic E-state index is 12.0. The van der Waals surface area contributed by atoms with Gasteiger partial charge in [-0.1, -0.05) is 41.9 Å². The Morgan fingerprint density at radius 3 is 2.43 bits per heavy atom. The van der Waals surface area contributed by atoms with Gasteiger partial charge < -0.3 is 10.1 Å². The van der Waals surface area contributed by atoms with Crippen LogP contribution >= 0.6 is 11.6 Å². The SMILES string of the molecule is Cc1cccc(C)c1OCCNC(=O)c1ccccc1Cl. The summed E-state index contributed by atoms with van der Waals surface area (Å²) in [6.45, 7) is 4.86. The first-order valence-corrected chi connectivity index (χ1v) is 7.19. The molecule has 0 aliphatic heterocycles. The summed E-state index contributed by atoms with van der Waals surface area (Å²) in [7, 11) is 0. The van der Waals surface area contributed by atoms with E-state index in [2.05, 4.69) is 5.32 Å². The second-order valence-electron chi connectivity index (χ2n) is 4.81. The molecule has 0 fully saturated rings. The Bertz CT molecular complexity index is 620. The molecule has 110 valence electrons. The third kappa shape index (κ3) is 3.99. The summed E-state index contributed by atoms with van der Waals surface area (Å²) < 4.78 is 5.74. The number of carbonyl (C=O) groups is 1. The number of carbonyl (C=O) groups excluding carboxylic acids is 1. The number of hydrogen-bond acceptors (Lipinski definition) is 2. The predicted molar refractivity (Wildman–Crippen MR) is 85.2 cm³/mol. The zero-order valence-corrected chi connectivity index (χ0v) is 12.9. The number of benzene rings is 2. The van der Waals surface area contributed by atoms with Gasteiger partial charge in [-0.25, -0.2) is 0 Å². The van der Waals surface area contributed by atoms with Gasteiger partial charge in [0, 0.05) is 0 Å². The highest BCUT2D eigenvalue weighted by Crippen LogP contribution is 2.22. The largest absolute Gasteiger partial charge is 0.491 e. The van der Waals surface area contributed by atoms with E-state index in [-0.39, 0.29) is 5.91 Å². The van der Waals surface area contributed by atoms with E-state index in [1.165, 1.54) is 0 Å².